The Labute approximate surface area is 208 Å². The number of hydrogen-bond donors (Lipinski definition) is 1. The van der Waals surface area contributed by atoms with Gasteiger partial charge in [0.2, 0.25) is 0 Å². The lowest BCUT2D eigenvalue weighted by atomic mass is 9.98. The Hall–Kier alpha value is -4.33. The van der Waals surface area contributed by atoms with E-state index in [0.717, 1.165) is 11.3 Å². The van der Waals surface area contributed by atoms with Gasteiger partial charge < -0.3 is 10.2 Å². The van der Waals surface area contributed by atoms with Crippen LogP contribution < -0.4 is 10.2 Å². The second kappa shape index (κ2) is 9.73. The average molecular weight is 484 g/mol. The van der Waals surface area contributed by atoms with Crippen LogP contribution in [0.3, 0.4) is 0 Å². The molecule has 0 aliphatic carbocycles. The van der Waals surface area contributed by atoms with Crippen molar-refractivity contribution in [1.29, 1.82) is 0 Å². The van der Waals surface area contributed by atoms with Crippen LogP contribution in [0.4, 0.5) is 10.1 Å². The molecule has 0 bridgehead atoms. The number of amides is 2. The number of aromatic nitrogens is 3. The normalized spacial score (nSPS) is 14.7. The summed E-state index contributed by atoms with van der Waals surface area (Å²) in [7, 11) is 0. The van der Waals surface area contributed by atoms with Crippen molar-refractivity contribution in [3.8, 4) is 0 Å². The topological polar surface area (TPSA) is 80.1 Å². The second-order valence-electron chi connectivity index (χ2n) is 9.10. The van der Waals surface area contributed by atoms with Gasteiger partial charge in [-0.3, -0.25) is 14.3 Å². The average Bonchev–Trinajstić information content (AvgIpc) is 3.52. The van der Waals surface area contributed by atoms with E-state index in [4.69, 9.17) is 0 Å². The summed E-state index contributed by atoms with van der Waals surface area (Å²) in [6.07, 6.45) is 1.69. The van der Waals surface area contributed by atoms with E-state index in [9.17, 15) is 14.0 Å². The first kappa shape index (κ1) is 23.4. The number of fused-ring (bicyclic) bond motifs is 1. The molecule has 3 aromatic carbocycles. The van der Waals surface area contributed by atoms with Gasteiger partial charge in [-0.05, 0) is 67.4 Å². The molecule has 0 fully saturated rings. The summed E-state index contributed by atoms with van der Waals surface area (Å²) < 4.78 is 15.3. The van der Waals surface area contributed by atoms with Gasteiger partial charge in [0.05, 0.1) is 5.92 Å². The van der Waals surface area contributed by atoms with Crippen molar-refractivity contribution in [1.82, 2.24) is 20.1 Å². The van der Waals surface area contributed by atoms with Gasteiger partial charge in [0.15, 0.2) is 5.82 Å². The van der Waals surface area contributed by atoms with Crippen molar-refractivity contribution in [3.63, 3.8) is 0 Å². The Morgan fingerprint density at radius 3 is 2.56 bits per heavy atom. The summed E-state index contributed by atoms with van der Waals surface area (Å²) in [4.78, 5) is 32.6. The highest BCUT2D eigenvalue weighted by Crippen LogP contribution is 2.40. The molecule has 1 aliphatic heterocycles. The fraction of sp³-hybridized carbons (Fsp3) is 0.214. The predicted octanol–water partition coefficient (Wildman–Crippen LogP) is 4.72. The van der Waals surface area contributed by atoms with Gasteiger partial charge in [-0.1, -0.05) is 30.3 Å². The quantitative estimate of drug-likeness (QED) is 0.430. The fourth-order valence-corrected chi connectivity index (χ4v) is 4.38. The smallest absolute Gasteiger partial charge is 0.258 e. The molecule has 36 heavy (non-hydrogen) atoms. The zero-order chi connectivity index (χ0) is 25.2. The van der Waals surface area contributed by atoms with E-state index in [2.05, 4.69) is 15.4 Å². The molecule has 1 atom stereocenters. The molecule has 4 aromatic rings. The number of benzene rings is 3. The molecule has 1 aromatic heterocycles. The molecular formula is C28H26FN5O2. The van der Waals surface area contributed by atoms with Crippen LogP contribution >= 0.6 is 0 Å². The van der Waals surface area contributed by atoms with E-state index < -0.39 is 0 Å². The van der Waals surface area contributed by atoms with Gasteiger partial charge in [-0.2, -0.15) is 5.10 Å². The first-order chi connectivity index (χ1) is 17.4. The van der Waals surface area contributed by atoms with Crippen LogP contribution in [0.2, 0.25) is 0 Å². The van der Waals surface area contributed by atoms with Crippen LogP contribution in [-0.4, -0.2) is 33.1 Å². The van der Waals surface area contributed by atoms with E-state index in [-0.39, 0.29) is 36.1 Å². The minimum absolute atomic E-state index is 0.119. The van der Waals surface area contributed by atoms with E-state index in [1.807, 2.05) is 32.0 Å². The summed E-state index contributed by atoms with van der Waals surface area (Å²) in [6.45, 7) is 4.62. The largest absolute Gasteiger partial charge is 0.348 e. The molecule has 2 amide bonds. The van der Waals surface area contributed by atoms with E-state index >= 15 is 0 Å². The monoisotopic (exact) mass is 483 g/mol. The van der Waals surface area contributed by atoms with Gasteiger partial charge in [0.1, 0.15) is 12.1 Å². The highest BCUT2D eigenvalue weighted by Gasteiger charge is 2.36. The lowest BCUT2D eigenvalue weighted by Gasteiger charge is -2.18. The molecule has 1 N–H and O–H groups in total. The van der Waals surface area contributed by atoms with Crippen molar-refractivity contribution in [2.75, 3.05) is 11.4 Å². The number of carbonyl (C=O) groups excluding carboxylic acids is 2. The third kappa shape index (κ3) is 4.62. The summed E-state index contributed by atoms with van der Waals surface area (Å²) >= 11 is 0. The van der Waals surface area contributed by atoms with Gasteiger partial charge in [0, 0.05) is 35.9 Å². The molecule has 5 rings (SSSR count). The summed E-state index contributed by atoms with van der Waals surface area (Å²) in [5.74, 6) is -0.423. The zero-order valence-corrected chi connectivity index (χ0v) is 20.1. The Kier molecular flexibility index (Phi) is 6.33. The van der Waals surface area contributed by atoms with E-state index in [1.165, 1.54) is 12.1 Å². The summed E-state index contributed by atoms with van der Waals surface area (Å²) in [5, 5.41) is 7.49. The van der Waals surface area contributed by atoms with E-state index in [1.54, 1.807) is 58.4 Å². The van der Waals surface area contributed by atoms with Crippen molar-refractivity contribution < 1.29 is 14.0 Å². The Bertz CT molecular complexity index is 1420. The first-order valence-corrected chi connectivity index (χ1v) is 11.8. The minimum Gasteiger partial charge on any atom is -0.348 e. The SMILES string of the molecule is CC(C)n1cnc([C@@H]2CN(C(=O)c3ccccc3)c3ccc(C(=O)NCc4cccc(F)c4)cc32)n1. The third-order valence-corrected chi connectivity index (χ3v) is 6.30. The summed E-state index contributed by atoms with van der Waals surface area (Å²) in [6, 6.07) is 20.7. The highest BCUT2D eigenvalue weighted by atomic mass is 19.1. The van der Waals surface area contributed by atoms with Crippen molar-refractivity contribution in [3.05, 3.63) is 113 Å². The van der Waals surface area contributed by atoms with Crippen LogP contribution in [0.15, 0.2) is 79.1 Å². The molecule has 0 saturated carbocycles. The van der Waals surface area contributed by atoms with Crippen molar-refractivity contribution >= 4 is 17.5 Å². The second-order valence-corrected chi connectivity index (χ2v) is 9.10. The molecule has 8 heteroatoms. The van der Waals surface area contributed by atoms with Gasteiger partial charge in [0.25, 0.3) is 11.8 Å². The molecule has 0 radical (unpaired) electrons. The molecule has 0 saturated heterocycles. The molecule has 0 unspecified atom stereocenters. The minimum atomic E-state index is -0.348. The van der Waals surface area contributed by atoms with E-state index in [0.29, 0.717) is 29.1 Å². The lowest BCUT2D eigenvalue weighted by molar-refractivity contribution is 0.0949. The lowest BCUT2D eigenvalue weighted by Crippen LogP contribution is -2.30. The maximum atomic E-state index is 13.5. The number of hydrogen-bond acceptors (Lipinski definition) is 4. The zero-order valence-electron chi connectivity index (χ0n) is 20.1. The van der Waals surface area contributed by atoms with Gasteiger partial charge in [-0.25, -0.2) is 9.37 Å². The molecular weight excluding hydrogens is 457 g/mol. The highest BCUT2D eigenvalue weighted by molar-refractivity contribution is 6.08. The molecule has 0 spiro atoms. The predicted molar refractivity (Wildman–Crippen MR) is 134 cm³/mol. The van der Waals surface area contributed by atoms with Crippen LogP contribution in [0.1, 0.15) is 63.5 Å². The molecule has 7 nitrogen and oxygen atoms in total. The van der Waals surface area contributed by atoms with Crippen LogP contribution in [0.5, 0.6) is 0 Å². The Balaban J connectivity index is 1.46. The van der Waals surface area contributed by atoms with Crippen LogP contribution in [0.25, 0.3) is 0 Å². The fourth-order valence-electron chi connectivity index (χ4n) is 4.38. The van der Waals surface area contributed by atoms with Gasteiger partial charge in [-0.15, -0.1) is 0 Å². The molecule has 2 heterocycles. The maximum Gasteiger partial charge on any atom is 0.258 e. The number of carbonyl (C=O) groups is 2. The number of anilines is 1. The molecule has 182 valence electrons. The third-order valence-electron chi connectivity index (χ3n) is 6.30. The van der Waals surface area contributed by atoms with Crippen LogP contribution in [0, 0.1) is 5.82 Å². The Morgan fingerprint density at radius 2 is 1.83 bits per heavy atom. The number of nitrogens with zero attached hydrogens (tertiary/aromatic N) is 4. The summed E-state index contributed by atoms with van der Waals surface area (Å²) in [5.41, 5.74) is 3.26. The van der Waals surface area contributed by atoms with Crippen LogP contribution in [-0.2, 0) is 6.54 Å². The van der Waals surface area contributed by atoms with Crippen molar-refractivity contribution in [2.24, 2.45) is 0 Å². The standard InChI is InChI=1S/C28H26FN5O2/c1-18(2)34-17-31-26(32-34)24-16-33(28(36)20-8-4-3-5-9-20)25-12-11-21(14-23(24)25)27(35)30-15-19-7-6-10-22(29)13-19/h3-14,17-18,24H,15-16H2,1-2H3,(H,30,35)/t24-/m1/s1. The maximum absolute atomic E-state index is 13.5. The number of nitrogens with one attached hydrogen (secondary N) is 1. The number of rotatable bonds is 6. The Morgan fingerprint density at radius 1 is 1.03 bits per heavy atom. The number of halogens is 1. The van der Waals surface area contributed by atoms with Gasteiger partial charge >= 0.3 is 0 Å². The molecule has 1 aliphatic rings. The van der Waals surface area contributed by atoms with Crippen molar-refractivity contribution in [2.45, 2.75) is 32.4 Å². The first-order valence-electron chi connectivity index (χ1n) is 11.8.